The van der Waals surface area contributed by atoms with Gasteiger partial charge < -0.3 is 10.1 Å². The fourth-order valence-corrected chi connectivity index (χ4v) is 2.61. The Morgan fingerprint density at radius 2 is 1.85 bits per heavy atom. The van der Waals surface area contributed by atoms with E-state index in [1.165, 1.54) is 0 Å². The van der Waals surface area contributed by atoms with Crippen LogP contribution in [0.15, 0.2) is 66.9 Å². The molecule has 0 spiro atoms. The number of amides is 1. The van der Waals surface area contributed by atoms with E-state index < -0.39 is 0 Å². The highest BCUT2D eigenvalue weighted by Gasteiger charge is 2.07. The molecule has 0 radical (unpaired) electrons. The van der Waals surface area contributed by atoms with E-state index in [0.29, 0.717) is 34.5 Å². The SMILES string of the molecule is O=C(NCc1ccccn1)c1ccc(COc2cc(Cl)ccc2Cl)cc1. The lowest BCUT2D eigenvalue weighted by Gasteiger charge is -2.09. The zero-order chi connectivity index (χ0) is 18.4. The second kappa shape index (κ2) is 8.70. The third-order valence-corrected chi connectivity index (χ3v) is 4.21. The molecule has 0 aliphatic heterocycles. The number of carbonyl (C=O) groups is 1. The molecule has 1 N–H and O–H groups in total. The summed E-state index contributed by atoms with van der Waals surface area (Å²) in [4.78, 5) is 16.4. The topological polar surface area (TPSA) is 51.2 Å². The van der Waals surface area contributed by atoms with E-state index >= 15 is 0 Å². The van der Waals surface area contributed by atoms with E-state index in [-0.39, 0.29) is 5.91 Å². The first-order valence-electron chi connectivity index (χ1n) is 7.97. The fraction of sp³-hybridized carbons (Fsp3) is 0.100. The van der Waals surface area contributed by atoms with E-state index in [1.807, 2.05) is 30.3 Å². The van der Waals surface area contributed by atoms with Crippen LogP contribution in [0.2, 0.25) is 10.0 Å². The van der Waals surface area contributed by atoms with Crippen molar-refractivity contribution in [2.45, 2.75) is 13.2 Å². The maximum atomic E-state index is 12.2. The minimum Gasteiger partial charge on any atom is -0.487 e. The maximum Gasteiger partial charge on any atom is 0.251 e. The van der Waals surface area contributed by atoms with Gasteiger partial charge in [-0.25, -0.2) is 0 Å². The van der Waals surface area contributed by atoms with Gasteiger partial charge in [-0.2, -0.15) is 0 Å². The van der Waals surface area contributed by atoms with Crippen LogP contribution in [0.25, 0.3) is 0 Å². The number of rotatable bonds is 6. The molecule has 0 fully saturated rings. The molecule has 1 heterocycles. The van der Waals surface area contributed by atoms with Crippen LogP contribution in [0.4, 0.5) is 0 Å². The summed E-state index contributed by atoms with van der Waals surface area (Å²) >= 11 is 12.0. The number of aromatic nitrogens is 1. The van der Waals surface area contributed by atoms with Crippen molar-refractivity contribution in [3.63, 3.8) is 0 Å². The van der Waals surface area contributed by atoms with Crippen LogP contribution < -0.4 is 10.1 Å². The number of halogens is 2. The summed E-state index contributed by atoms with van der Waals surface area (Å²) in [5, 5.41) is 3.90. The molecule has 0 aliphatic carbocycles. The van der Waals surface area contributed by atoms with Gasteiger partial charge in [-0.05, 0) is 42.0 Å². The van der Waals surface area contributed by atoms with Crippen molar-refractivity contribution in [2.24, 2.45) is 0 Å². The first-order valence-corrected chi connectivity index (χ1v) is 8.72. The molecule has 1 amide bonds. The number of hydrogen-bond donors (Lipinski definition) is 1. The van der Waals surface area contributed by atoms with Crippen LogP contribution >= 0.6 is 23.2 Å². The number of pyridine rings is 1. The summed E-state index contributed by atoms with van der Waals surface area (Å²) in [7, 11) is 0. The minimum atomic E-state index is -0.152. The highest BCUT2D eigenvalue weighted by molar-refractivity contribution is 6.34. The maximum absolute atomic E-state index is 12.2. The Morgan fingerprint density at radius 1 is 1.04 bits per heavy atom. The van der Waals surface area contributed by atoms with Crippen molar-refractivity contribution >= 4 is 29.1 Å². The number of carbonyl (C=O) groups excluding carboxylic acids is 1. The smallest absolute Gasteiger partial charge is 0.251 e. The molecule has 3 aromatic rings. The molecular weight excluding hydrogens is 371 g/mol. The zero-order valence-electron chi connectivity index (χ0n) is 13.8. The lowest BCUT2D eigenvalue weighted by molar-refractivity contribution is 0.0950. The normalized spacial score (nSPS) is 10.4. The molecule has 0 saturated heterocycles. The van der Waals surface area contributed by atoms with Gasteiger partial charge in [0.2, 0.25) is 0 Å². The van der Waals surface area contributed by atoms with Crippen molar-refractivity contribution in [2.75, 3.05) is 0 Å². The summed E-state index contributed by atoms with van der Waals surface area (Å²) in [5.74, 6) is 0.373. The molecule has 4 nitrogen and oxygen atoms in total. The molecule has 0 aliphatic rings. The summed E-state index contributed by atoms with van der Waals surface area (Å²) in [6.07, 6.45) is 1.70. The monoisotopic (exact) mass is 386 g/mol. The third kappa shape index (κ3) is 4.97. The highest BCUT2D eigenvalue weighted by atomic mass is 35.5. The van der Waals surface area contributed by atoms with Crippen molar-refractivity contribution in [1.29, 1.82) is 0 Å². The van der Waals surface area contributed by atoms with Crippen molar-refractivity contribution in [1.82, 2.24) is 10.3 Å². The van der Waals surface area contributed by atoms with E-state index in [0.717, 1.165) is 11.3 Å². The Hall–Kier alpha value is -2.56. The largest absolute Gasteiger partial charge is 0.487 e. The second-order valence-electron chi connectivity index (χ2n) is 5.56. The van der Waals surface area contributed by atoms with E-state index in [2.05, 4.69) is 10.3 Å². The molecule has 0 atom stereocenters. The fourth-order valence-electron chi connectivity index (χ4n) is 2.28. The van der Waals surface area contributed by atoms with Gasteiger partial charge in [0.05, 0.1) is 17.3 Å². The quantitative estimate of drug-likeness (QED) is 0.655. The second-order valence-corrected chi connectivity index (χ2v) is 6.41. The van der Waals surface area contributed by atoms with Gasteiger partial charge in [0.25, 0.3) is 5.91 Å². The Balaban J connectivity index is 1.56. The number of nitrogens with zero attached hydrogens (tertiary/aromatic N) is 1. The third-order valence-electron chi connectivity index (χ3n) is 3.66. The van der Waals surface area contributed by atoms with Crippen LogP contribution in [-0.4, -0.2) is 10.9 Å². The Morgan fingerprint density at radius 3 is 2.58 bits per heavy atom. The molecule has 2 aromatic carbocycles. The minimum absolute atomic E-state index is 0.152. The predicted octanol–water partition coefficient (Wildman–Crippen LogP) is 4.90. The van der Waals surface area contributed by atoms with Gasteiger partial charge in [0.1, 0.15) is 12.4 Å². The van der Waals surface area contributed by atoms with Gasteiger partial charge in [0.15, 0.2) is 0 Å². The van der Waals surface area contributed by atoms with Gasteiger partial charge in [-0.15, -0.1) is 0 Å². The average Bonchev–Trinajstić information content (AvgIpc) is 2.68. The molecule has 1 aromatic heterocycles. The van der Waals surface area contributed by atoms with E-state index in [9.17, 15) is 4.79 Å². The van der Waals surface area contributed by atoms with Crippen LogP contribution in [-0.2, 0) is 13.2 Å². The van der Waals surface area contributed by atoms with Crippen LogP contribution in [0, 0.1) is 0 Å². The number of ether oxygens (including phenoxy) is 1. The molecule has 26 heavy (non-hydrogen) atoms. The molecule has 132 valence electrons. The average molecular weight is 387 g/mol. The predicted molar refractivity (Wildman–Crippen MR) is 103 cm³/mol. The van der Waals surface area contributed by atoms with Gasteiger partial charge in [-0.1, -0.05) is 41.4 Å². The van der Waals surface area contributed by atoms with Gasteiger partial charge in [0, 0.05) is 22.8 Å². The van der Waals surface area contributed by atoms with Crippen molar-refractivity contribution in [3.05, 3.63) is 93.7 Å². The summed E-state index contributed by atoms with van der Waals surface area (Å²) in [6, 6.07) is 17.8. The number of benzene rings is 2. The molecule has 0 unspecified atom stereocenters. The lowest BCUT2D eigenvalue weighted by atomic mass is 10.1. The van der Waals surface area contributed by atoms with Crippen molar-refractivity contribution in [3.8, 4) is 5.75 Å². The molecule has 0 saturated carbocycles. The van der Waals surface area contributed by atoms with Crippen LogP contribution in [0.3, 0.4) is 0 Å². The number of hydrogen-bond acceptors (Lipinski definition) is 3. The van der Waals surface area contributed by atoms with Crippen LogP contribution in [0.1, 0.15) is 21.6 Å². The Labute approximate surface area is 161 Å². The summed E-state index contributed by atoms with van der Waals surface area (Å²) in [6.45, 7) is 0.716. The molecule has 6 heteroatoms. The van der Waals surface area contributed by atoms with Crippen molar-refractivity contribution < 1.29 is 9.53 Å². The highest BCUT2D eigenvalue weighted by Crippen LogP contribution is 2.28. The van der Waals surface area contributed by atoms with E-state index in [1.54, 1.807) is 36.5 Å². The first kappa shape index (κ1) is 18.2. The zero-order valence-corrected chi connectivity index (χ0v) is 15.3. The molecular formula is C20H16Cl2N2O2. The Bertz CT molecular complexity index is 884. The molecule has 0 bridgehead atoms. The standard InChI is InChI=1S/C20H16Cl2N2O2/c21-16-8-9-18(22)19(11-16)26-13-14-4-6-15(7-5-14)20(25)24-12-17-3-1-2-10-23-17/h1-11H,12-13H2,(H,24,25). The number of nitrogens with one attached hydrogen (secondary N) is 1. The summed E-state index contributed by atoms with van der Waals surface area (Å²) in [5.41, 5.74) is 2.30. The molecule has 3 rings (SSSR count). The first-order chi connectivity index (χ1) is 12.6. The lowest BCUT2D eigenvalue weighted by Crippen LogP contribution is -2.23. The van der Waals surface area contributed by atoms with E-state index in [4.69, 9.17) is 27.9 Å². The summed E-state index contributed by atoms with van der Waals surface area (Å²) < 4.78 is 5.68. The Kier molecular flexibility index (Phi) is 6.10. The van der Waals surface area contributed by atoms with Gasteiger partial charge >= 0.3 is 0 Å². The van der Waals surface area contributed by atoms with Crippen LogP contribution in [0.5, 0.6) is 5.75 Å². The van der Waals surface area contributed by atoms with Gasteiger partial charge in [-0.3, -0.25) is 9.78 Å².